The zero-order valence-electron chi connectivity index (χ0n) is 11.8. The Morgan fingerprint density at radius 3 is 2.55 bits per heavy atom. The van der Waals surface area contributed by atoms with Crippen molar-refractivity contribution < 1.29 is 14.9 Å². The van der Waals surface area contributed by atoms with Crippen LogP contribution in [-0.2, 0) is 4.74 Å². The monoisotopic (exact) mass is 272 g/mol. The summed E-state index contributed by atoms with van der Waals surface area (Å²) in [5.74, 6) is 1.06. The summed E-state index contributed by atoms with van der Waals surface area (Å²) in [7, 11) is 0. The van der Waals surface area contributed by atoms with E-state index < -0.39 is 6.10 Å². The second-order valence-electron chi connectivity index (χ2n) is 5.14. The molecule has 2 rings (SSSR count). The number of phenolic OH excluding ortho intramolecular Hbond substituents is 1. The fourth-order valence-electron chi connectivity index (χ4n) is 2.05. The van der Waals surface area contributed by atoms with E-state index in [9.17, 15) is 10.2 Å². The van der Waals surface area contributed by atoms with Gasteiger partial charge in [-0.25, -0.2) is 0 Å². The predicted octanol–water partition coefficient (Wildman–Crippen LogP) is 3.41. The summed E-state index contributed by atoms with van der Waals surface area (Å²) in [5.41, 5.74) is 1.91. The van der Waals surface area contributed by atoms with Crippen LogP contribution in [0.15, 0.2) is 53.8 Å². The maximum Gasteiger partial charge on any atom is 0.115 e. The third-order valence-corrected chi connectivity index (χ3v) is 2.87. The fraction of sp³-hybridized carbons (Fsp3) is 0.294. The van der Waals surface area contributed by atoms with E-state index in [1.165, 1.54) is 0 Å². The van der Waals surface area contributed by atoms with Gasteiger partial charge in [-0.05, 0) is 49.3 Å². The maximum atomic E-state index is 9.83. The van der Waals surface area contributed by atoms with Crippen LogP contribution in [0.4, 0.5) is 0 Å². The van der Waals surface area contributed by atoms with Crippen molar-refractivity contribution in [2.45, 2.75) is 32.5 Å². The second kappa shape index (κ2) is 6.44. The summed E-state index contributed by atoms with van der Waals surface area (Å²) in [4.78, 5) is 0. The largest absolute Gasteiger partial charge is 0.508 e. The average Bonchev–Trinajstić information content (AvgIpc) is 2.36. The smallest absolute Gasteiger partial charge is 0.115 e. The minimum atomic E-state index is -0.506. The number of ether oxygens (including phenoxy) is 1. The van der Waals surface area contributed by atoms with Gasteiger partial charge in [-0.3, -0.25) is 0 Å². The zero-order chi connectivity index (χ0) is 14.5. The molecule has 0 fully saturated rings. The van der Waals surface area contributed by atoms with Crippen LogP contribution in [0.3, 0.4) is 0 Å². The lowest BCUT2D eigenvalue weighted by molar-refractivity contribution is 0.114. The van der Waals surface area contributed by atoms with Gasteiger partial charge in [-0.1, -0.05) is 24.3 Å². The first-order valence-electron chi connectivity index (χ1n) is 6.77. The number of allylic oxidation sites excluding steroid dienone is 3. The number of aliphatic hydroxyl groups excluding tert-OH is 1. The molecule has 0 radical (unpaired) electrons. The SMILES string of the molecule is CC(C)OC1=CC(/C=C/c2ccc(O)cc2)=CC(O)C1. The van der Waals surface area contributed by atoms with Crippen molar-refractivity contribution in [2.75, 3.05) is 0 Å². The lowest BCUT2D eigenvalue weighted by Crippen LogP contribution is -2.13. The van der Waals surface area contributed by atoms with Crippen LogP contribution in [0.25, 0.3) is 6.08 Å². The maximum absolute atomic E-state index is 9.83. The fourth-order valence-corrected chi connectivity index (χ4v) is 2.05. The summed E-state index contributed by atoms with van der Waals surface area (Å²) in [5, 5.41) is 19.1. The van der Waals surface area contributed by atoms with Crippen molar-refractivity contribution in [1.29, 1.82) is 0 Å². The molecular weight excluding hydrogens is 252 g/mol. The standard InChI is InChI=1S/C17H20O3/c1-12(2)20-17-10-14(9-16(19)11-17)4-3-13-5-7-15(18)8-6-13/h3-10,12,16,18-19H,11H2,1-2H3/b4-3+. The molecule has 1 aliphatic rings. The molecule has 1 aromatic carbocycles. The van der Waals surface area contributed by atoms with E-state index in [0.717, 1.165) is 16.9 Å². The third-order valence-electron chi connectivity index (χ3n) is 2.87. The van der Waals surface area contributed by atoms with E-state index in [4.69, 9.17) is 4.74 Å². The summed E-state index contributed by atoms with van der Waals surface area (Å²) in [6.07, 6.45) is 7.75. The van der Waals surface area contributed by atoms with Gasteiger partial charge in [0.1, 0.15) is 5.75 Å². The van der Waals surface area contributed by atoms with Gasteiger partial charge in [0.25, 0.3) is 0 Å². The van der Waals surface area contributed by atoms with Crippen molar-refractivity contribution in [2.24, 2.45) is 0 Å². The van der Waals surface area contributed by atoms with Crippen LogP contribution in [0.5, 0.6) is 5.75 Å². The van der Waals surface area contributed by atoms with Gasteiger partial charge in [-0.15, -0.1) is 0 Å². The minimum Gasteiger partial charge on any atom is -0.508 e. The Labute approximate surface area is 119 Å². The number of hydrogen-bond donors (Lipinski definition) is 2. The summed E-state index contributed by atoms with van der Waals surface area (Å²) < 4.78 is 5.65. The van der Waals surface area contributed by atoms with Crippen LogP contribution in [-0.4, -0.2) is 22.4 Å². The third kappa shape index (κ3) is 4.28. The molecule has 0 aromatic heterocycles. The number of benzene rings is 1. The Balaban J connectivity index is 2.11. The molecular formula is C17H20O3. The molecule has 0 saturated carbocycles. The molecule has 0 heterocycles. The number of phenols is 1. The molecule has 3 heteroatoms. The van der Waals surface area contributed by atoms with Crippen molar-refractivity contribution in [1.82, 2.24) is 0 Å². The quantitative estimate of drug-likeness (QED) is 0.883. The number of hydrogen-bond acceptors (Lipinski definition) is 3. The normalized spacial score (nSPS) is 19.1. The lowest BCUT2D eigenvalue weighted by atomic mass is 10.0. The van der Waals surface area contributed by atoms with E-state index in [1.54, 1.807) is 12.1 Å². The van der Waals surface area contributed by atoms with Crippen LogP contribution < -0.4 is 0 Å². The molecule has 106 valence electrons. The Morgan fingerprint density at radius 2 is 1.90 bits per heavy atom. The summed E-state index contributed by atoms with van der Waals surface area (Å²) in [6.45, 7) is 3.94. The second-order valence-corrected chi connectivity index (χ2v) is 5.14. The molecule has 0 bridgehead atoms. The Bertz CT molecular complexity index is 536. The molecule has 3 nitrogen and oxygen atoms in total. The first kappa shape index (κ1) is 14.4. The topological polar surface area (TPSA) is 49.7 Å². The number of aromatic hydroxyl groups is 1. The van der Waals surface area contributed by atoms with Crippen molar-refractivity contribution >= 4 is 6.08 Å². The first-order valence-corrected chi connectivity index (χ1v) is 6.77. The lowest BCUT2D eigenvalue weighted by Gasteiger charge is -2.19. The summed E-state index contributed by atoms with van der Waals surface area (Å²) in [6, 6.07) is 6.96. The van der Waals surface area contributed by atoms with E-state index in [2.05, 4.69) is 0 Å². The Hall–Kier alpha value is -2.00. The van der Waals surface area contributed by atoms with Gasteiger partial charge >= 0.3 is 0 Å². The van der Waals surface area contributed by atoms with Gasteiger partial charge in [0.05, 0.1) is 18.0 Å². The molecule has 0 amide bonds. The highest BCUT2D eigenvalue weighted by Crippen LogP contribution is 2.22. The van der Waals surface area contributed by atoms with Crippen LogP contribution in [0.2, 0.25) is 0 Å². The van der Waals surface area contributed by atoms with Gasteiger partial charge in [0, 0.05) is 6.42 Å². The molecule has 20 heavy (non-hydrogen) atoms. The van der Waals surface area contributed by atoms with Gasteiger partial charge in [0.2, 0.25) is 0 Å². The van der Waals surface area contributed by atoms with E-state index >= 15 is 0 Å². The molecule has 1 aromatic rings. The van der Waals surface area contributed by atoms with Crippen LogP contribution in [0, 0.1) is 0 Å². The average molecular weight is 272 g/mol. The molecule has 0 saturated heterocycles. The molecule has 0 aliphatic heterocycles. The predicted molar refractivity (Wildman–Crippen MR) is 80.2 cm³/mol. The molecule has 1 aliphatic carbocycles. The molecule has 1 atom stereocenters. The Kier molecular flexibility index (Phi) is 4.64. The van der Waals surface area contributed by atoms with Crippen LogP contribution in [0.1, 0.15) is 25.8 Å². The minimum absolute atomic E-state index is 0.105. The summed E-state index contributed by atoms with van der Waals surface area (Å²) >= 11 is 0. The Morgan fingerprint density at radius 1 is 1.20 bits per heavy atom. The molecule has 1 unspecified atom stereocenters. The first-order chi connectivity index (χ1) is 9.52. The molecule has 0 spiro atoms. The highest BCUT2D eigenvalue weighted by Gasteiger charge is 2.13. The van der Waals surface area contributed by atoms with Crippen molar-refractivity contribution in [3.05, 3.63) is 59.4 Å². The van der Waals surface area contributed by atoms with Crippen molar-refractivity contribution in [3.8, 4) is 5.75 Å². The highest BCUT2D eigenvalue weighted by molar-refractivity contribution is 5.56. The van der Waals surface area contributed by atoms with E-state index in [-0.39, 0.29) is 11.9 Å². The van der Waals surface area contributed by atoms with Crippen molar-refractivity contribution in [3.63, 3.8) is 0 Å². The molecule has 2 N–H and O–H groups in total. The van der Waals surface area contributed by atoms with Gasteiger partial charge in [-0.2, -0.15) is 0 Å². The van der Waals surface area contributed by atoms with E-state index in [1.807, 2.05) is 50.3 Å². The number of aliphatic hydroxyl groups is 1. The van der Waals surface area contributed by atoms with E-state index in [0.29, 0.717) is 6.42 Å². The van der Waals surface area contributed by atoms with Crippen LogP contribution >= 0.6 is 0 Å². The number of rotatable bonds is 4. The zero-order valence-corrected chi connectivity index (χ0v) is 11.8. The van der Waals surface area contributed by atoms with Gasteiger partial charge < -0.3 is 14.9 Å². The highest BCUT2D eigenvalue weighted by atomic mass is 16.5. The van der Waals surface area contributed by atoms with Gasteiger partial charge in [0.15, 0.2) is 0 Å².